The van der Waals surface area contributed by atoms with Crippen LogP contribution in [0.4, 0.5) is 0 Å². The number of halogens is 1. The predicted molar refractivity (Wildman–Crippen MR) is 87.5 cm³/mol. The Balaban J connectivity index is 2.41. The van der Waals surface area contributed by atoms with Gasteiger partial charge < -0.3 is 5.32 Å². The highest BCUT2D eigenvalue weighted by Gasteiger charge is 2.18. The van der Waals surface area contributed by atoms with Crippen molar-refractivity contribution >= 4 is 26.7 Å². The summed E-state index contributed by atoms with van der Waals surface area (Å²) in [6.45, 7) is 4.55. The zero-order valence-electron chi connectivity index (χ0n) is 11.9. The molecule has 2 heteroatoms. The third-order valence-corrected chi connectivity index (χ3v) is 4.51. The van der Waals surface area contributed by atoms with Crippen molar-refractivity contribution in [3.05, 3.63) is 46.4 Å². The van der Waals surface area contributed by atoms with Gasteiger partial charge in [-0.3, -0.25) is 0 Å². The summed E-state index contributed by atoms with van der Waals surface area (Å²) >= 11 is 3.53. The van der Waals surface area contributed by atoms with Crippen LogP contribution in [0.3, 0.4) is 0 Å². The number of rotatable bonds is 5. The van der Waals surface area contributed by atoms with Crippen LogP contribution in [0.1, 0.15) is 38.3 Å². The minimum atomic E-state index is 0.447. The van der Waals surface area contributed by atoms with Gasteiger partial charge in [-0.2, -0.15) is 0 Å². The van der Waals surface area contributed by atoms with E-state index in [2.05, 4.69) is 78.5 Å². The van der Waals surface area contributed by atoms with E-state index in [-0.39, 0.29) is 0 Å². The van der Waals surface area contributed by atoms with Gasteiger partial charge in [0.2, 0.25) is 0 Å². The molecule has 2 aromatic rings. The Morgan fingerprint density at radius 3 is 2.26 bits per heavy atom. The van der Waals surface area contributed by atoms with Crippen molar-refractivity contribution in [2.45, 2.75) is 32.7 Å². The lowest BCUT2D eigenvalue weighted by Gasteiger charge is -2.25. The van der Waals surface area contributed by atoms with Crippen molar-refractivity contribution in [3.63, 3.8) is 0 Å². The van der Waals surface area contributed by atoms with Gasteiger partial charge in [-0.25, -0.2) is 0 Å². The normalized spacial score (nSPS) is 13.1. The highest BCUT2D eigenvalue weighted by molar-refractivity contribution is 9.10. The fraction of sp³-hybridized carbons (Fsp3) is 0.412. The molecule has 0 saturated heterocycles. The molecule has 0 aliphatic heterocycles. The topological polar surface area (TPSA) is 12.0 Å². The molecule has 1 N–H and O–H groups in total. The lowest BCUT2D eigenvalue weighted by atomic mass is 9.88. The summed E-state index contributed by atoms with van der Waals surface area (Å²) in [5.74, 6) is 0.692. The summed E-state index contributed by atoms with van der Waals surface area (Å²) in [4.78, 5) is 0. The van der Waals surface area contributed by atoms with Crippen LogP contribution in [0.25, 0.3) is 10.8 Å². The van der Waals surface area contributed by atoms with Gasteiger partial charge in [-0.15, -0.1) is 0 Å². The molecule has 2 rings (SSSR count). The fourth-order valence-electron chi connectivity index (χ4n) is 2.86. The molecule has 0 spiro atoms. The summed E-state index contributed by atoms with van der Waals surface area (Å²) in [6, 6.07) is 13.7. The highest BCUT2D eigenvalue weighted by atomic mass is 79.9. The van der Waals surface area contributed by atoms with E-state index in [1.807, 2.05) is 0 Å². The zero-order valence-corrected chi connectivity index (χ0v) is 13.5. The van der Waals surface area contributed by atoms with E-state index >= 15 is 0 Å². The average molecular weight is 320 g/mol. The van der Waals surface area contributed by atoms with E-state index in [9.17, 15) is 0 Å². The highest BCUT2D eigenvalue weighted by Crippen LogP contribution is 2.30. The smallest absolute Gasteiger partial charge is 0.0346 e. The average Bonchev–Trinajstić information content (AvgIpc) is 2.44. The Kier molecular flexibility index (Phi) is 5.00. The second-order valence-electron chi connectivity index (χ2n) is 5.09. The molecular weight excluding hydrogens is 298 g/mol. The van der Waals surface area contributed by atoms with E-state index in [0.29, 0.717) is 12.0 Å². The fourth-order valence-corrected chi connectivity index (χ4v) is 3.24. The molecule has 19 heavy (non-hydrogen) atoms. The van der Waals surface area contributed by atoms with Crippen LogP contribution in [0, 0.1) is 5.92 Å². The molecule has 0 fully saturated rings. The molecule has 0 aliphatic rings. The van der Waals surface area contributed by atoms with Crippen molar-refractivity contribution < 1.29 is 0 Å². The largest absolute Gasteiger partial charge is 0.313 e. The third kappa shape index (κ3) is 3.18. The summed E-state index contributed by atoms with van der Waals surface area (Å²) in [6.07, 6.45) is 2.42. The van der Waals surface area contributed by atoms with E-state index in [0.717, 1.165) is 4.47 Å². The van der Waals surface area contributed by atoms with Crippen molar-refractivity contribution in [2.75, 3.05) is 7.05 Å². The van der Waals surface area contributed by atoms with Crippen LogP contribution in [-0.2, 0) is 0 Å². The summed E-state index contributed by atoms with van der Waals surface area (Å²) in [5, 5.41) is 6.09. The molecule has 0 aliphatic carbocycles. The molecule has 0 radical (unpaired) electrons. The van der Waals surface area contributed by atoms with Crippen LogP contribution in [0.15, 0.2) is 40.9 Å². The second kappa shape index (κ2) is 6.53. The lowest BCUT2D eigenvalue weighted by Crippen LogP contribution is -2.24. The molecule has 0 saturated carbocycles. The first kappa shape index (κ1) is 14.5. The summed E-state index contributed by atoms with van der Waals surface area (Å²) < 4.78 is 1.14. The third-order valence-electron chi connectivity index (χ3n) is 4.02. The van der Waals surface area contributed by atoms with Gasteiger partial charge in [-0.1, -0.05) is 60.8 Å². The number of fused-ring (bicyclic) bond motifs is 1. The first-order valence-corrected chi connectivity index (χ1v) is 7.85. The predicted octanol–water partition coefficient (Wildman–Crippen LogP) is 5.30. The molecule has 0 aromatic heterocycles. The maximum absolute atomic E-state index is 3.53. The first-order valence-electron chi connectivity index (χ1n) is 7.06. The minimum absolute atomic E-state index is 0.447. The second-order valence-corrected chi connectivity index (χ2v) is 6.01. The molecule has 1 atom stereocenters. The maximum atomic E-state index is 3.53. The van der Waals surface area contributed by atoms with Gasteiger partial charge in [0.05, 0.1) is 0 Å². The molecule has 0 amide bonds. The van der Waals surface area contributed by atoms with Crippen molar-refractivity contribution in [1.29, 1.82) is 0 Å². The van der Waals surface area contributed by atoms with E-state index in [4.69, 9.17) is 0 Å². The number of hydrogen-bond acceptors (Lipinski definition) is 1. The van der Waals surface area contributed by atoms with Crippen LogP contribution < -0.4 is 5.32 Å². The molecule has 2 aromatic carbocycles. The summed E-state index contributed by atoms with van der Waals surface area (Å²) in [5.41, 5.74) is 1.39. The summed E-state index contributed by atoms with van der Waals surface area (Å²) in [7, 11) is 2.06. The molecule has 1 unspecified atom stereocenters. The standard InChI is InChI=1S/C17H22BrN/c1-4-12(5-2)17(19-3)15-7-6-14-11-16(18)9-8-13(14)10-15/h6-12,17,19H,4-5H2,1-3H3. The van der Waals surface area contributed by atoms with E-state index < -0.39 is 0 Å². The van der Waals surface area contributed by atoms with Crippen molar-refractivity contribution in [3.8, 4) is 0 Å². The van der Waals surface area contributed by atoms with Crippen molar-refractivity contribution in [2.24, 2.45) is 5.92 Å². The van der Waals surface area contributed by atoms with Gasteiger partial charge in [0.25, 0.3) is 0 Å². The molecular formula is C17H22BrN. The Morgan fingerprint density at radius 2 is 1.63 bits per heavy atom. The van der Waals surface area contributed by atoms with E-state index in [1.54, 1.807) is 0 Å². The van der Waals surface area contributed by atoms with E-state index in [1.165, 1.54) is 29.2 Å². The Labute approximate surface area is 124 Å². The van der Waals surface area contributed by atoms with Crippen LogP contribution >= 0.6 is 15.9 Å². The lowest BCUT2D eigenvalue weighted by molar-refractivity contribution is 0.360. The molecule has 0 heterocycles. The quantitative estimate of drug-likeness (QED) is 0.788. The minimum Gasteiger partial charge on any atom is -0.313 e. The van der Waals surface area contributed by atoms with Crippen molar-refractivity contribution in [1.82, 2.24) is 5.32 Å². The first-order chi connectivity index (χ1) is 9.19. The number of hydrogen-bond donors (Lipinski definition) is 1. The molecule has 0 bridgehead atoms. The van der Waals surface area contributed by atoms with Gasteiger partial charge >= 0.3 is 0 Å². The number of nitrogens with one attached hydrogen (secondary N) is 1. The van der Waals surface area contributed by atoms with Crippen LogP contribution in [0.2, 0.25) is 0 Å². The van der Waals surface area contributed by atoms with Crippen LogP contribution in [0.5, 0.6) is 0 Å². The maximum Gasteiger partial charge on any atom is 0.0346 e. The SMILES string of the molecule is CCC(CC)C(NC)c1ccc2cc(Br)ccc2c1. The Hall–Kier alpha value is -0.860. The molecule has 102 valence electrons. The van der Waals surface area contributed by atoms with Crippen LogP contribution in [-0.4, -0.2) is 7.05 Å². The monoisotopic (exact) mass is 319 g/mol. The van der Waals surface area contributed by atoms with Gasteiger partial charge in [0.15, 0.2) is 0 Å². The van der Waals surface area contributed by atoms with Gasteiger partial charge in [0, 0.05) is 10.5 Å². The van der Waals surface area contributed by atoms with Gasteiger partial charge in [0.1, 0.15) is 0 Å². The molecule has 1 nitrogen and oxygen atoms in total. The van der Waals surface area contributed by atoms with Gasteiger partial charge in [-0.05, 0) is 47.5 Å². The Bertz CT molecular complexity index is 546. The number of benzene rings is 2. The zero-order chi connectivity index (χ0) is 13.8. The Morgan fingerprint density at radius 1 is 1.00 bits per heavy atom.